The predicted molar refractivity (Wildman–Crippen MR) is 57.9 cm³/mol. The van der Waals surface area contributed by atoms with Crippen molar-refractivity contribution in [3.05, 3.63) is 0 Å². The second-order valence-electron chi connectivity index (χ2n) is 4.47. The van der Waals surface area contributed by atoms with Crippen LogP contribution in [0.25, 0.3) is 0 Å². The zero-order valence-electron chi connectivity index (χ0n) is 9.27. The van der Waals surface area contributed by atoms with Gasteiger partial charge in [0.05, 0.1) is 0 Å². The lowest BCUT2D eigenvalue weighted by Crippen LogP contribution is -2.49. The number of hydrogen-bond acceptors (Lipinski definition) is 2. The van der Waals surface area contributed by atoms with Crippen molar-refractivity contribution in [3.8, 4) is 0 Å². The molecule has 0 bridgehead atoms. The lowest BCUT2D eigenvalue weighted by Gasteiger charge is -2.34. The minimum atomic E-state index is 0.627. The second kappa shape index (κ2) is 5.61. The monoisotopic (exact) mass is 184 g/mol. The van der Waals surface area contributed by atoms with Gasteiger partial charge in [0.2, 0.25) is 0 Å². The summed E-state index contributed by atoms with van der Waals surface area (Å²) in [7, 11) is 0. The van der Waals surface area contributed by atoms with E-state index < -0.39 is 0 Å². The Kier molecular flexibility index (Phi) is 4.74. The molecule has 0 radical (unpaired) electrons. The third-order valence-electron chi connectivity index (χ3n) is 2.81. The largest absolute Gasteiger partial charge is 0.316 e. The van der Waals surface area contributed by atoms with Crippen LogP contribution in [-0.2, 0) is 0 Å². The van der Waals surface area contributed by atoms with E-state index in [0.717, 1.165) is 12.0 Å². The first kappa shape index (κ1) is 11.0. The molecule has 1 heterocycles. The molecule has 1 aliphatic rings. The van der Waals surface area contributed by atoms with E-state index in [1.165, 1.54) is 32.4 Å². The van der Waals surface area contributed by atoms with Crippen molar-refractivity contribution in [3.63, 3.8) is 0 Å². The molecule has 1 rings (SSSR count). The van der Waals surface area contributed by atoms with E-state index in [2.05, 4.69) is 31.4 Å². The van der Waals surface area contributed by atoms with Crippen molar-refractivity contribution in [2.24, 2.45) is 5.92 Å². The Morgan fingerprint density at radius 3 is 2.85 bits per heavy atom. The Balaban J connectivity index is 2.36. The summed E-state index contributed by atoms with van der Waals surface area (Å²) in [6.07, 6.45) is 3.96. The maximum absolute atomic E-state index is 3.68. The highest BCUT2D eigenvalue weighted by Crippen LogP contribution is 2.17. The topological polar surface area (TPSA) is 24.1 Å². The van der Waals surface area contributed by atoms with Gasteiger partial charge in [0.1, 0.15) is 0 Å². The molecule has 2 atom stereocenters. The quantitative estimate of drug-likeness (QED) is 0.696. The smallest absolute Gasteiger partial charge is 0.0122 e. The van der Waals surface area contributed by atoms with Gasteiger partial charge in [-0.3, -0.25) is 0 Å². The molecule has 2 unspecified atom stereocenters. The van der Waals surface area contributed by atoms with Crippen LogP contribution in [-0.4, -0.2) is 25.2 Å². The van der Waals surface area contributed by atoms with Gasteiger partial charge in [0, 0.05) is 12.1 Å². The molecule has 1 saturated heterocycles. The molecule has 0 aromatic rings. The van der Waals surface area contributed by atoms with Crippen molar-refractivity contribution in [2.75, 3.05) is 13.1 Å². The molecule has 78 valence electrons. The van der Waals surface area contributed by atoms with Crippen LogP contribution in [0.2, 0.25) is 0 Å². The fraction of sp³-hybridized carbons (Fsp3) is 1.00. The number of rotatable bonds is 4. The normalized spacial score (nSPS) is 29.5. The van der Waals surface area contributed by atoms with Gasteiger partial charge >= 0.3 is 0 Å². The maximum atomic E-state index is 3.68. The lowest BCUT2D eigenvalue weighted by molar-refractivity contribution is 0.251. The highest BCUT2D eigenvalue weighted by Gasteiger charge is 2.23. The molecule has 13 heavy (non-hydrogen) atoms. The standard InChI is InChI=1S/C11H24N2/c1-4-5-10-8-12-7-6-11(10)13-9(2)3/h9-13H,4-8H2,1-3H3. The van der Waals surface area contributed by atoms with Crippen molar-refractivity contribution >= 4 is 0 Å². The molecule has 2 heteroatoms. The molecule has 0 aromatic heterocycles. The zero-order chi connectivity index (χ0) is 9.68. The van der Waals surface area contributed by atoms with Crippen LogP contribution in [0, 0.1) is 5.92 Å². The van der Waals surface area contributed by atoms with E-state index in [1.54, 1.807) is 0 Å². The van der Waals surface area contributed by atoms with Crippen molar-refractivity contribution < 1.29 is 0 Å². The first-order valence-electron chi connectivity index (χ1n) is 5.70. The van der Waals surface area contributed by atoms with E-state index in [1.807, 2.05) is 0 Å². The van der Waals surface area contributed by atoms with Crippen LogP contribution in [0.4, 0.5) is 0 Å². The average Bonchev–Trinajstić information content (AvgIpc) is 2.08. The predicted octanol–water partition coefficient (Wildman–Crippen LogP) is 1.76. The molecule has 2 N–H and O–H groups in total. The minimum absolute atomic E-state index is 0.627. The Labute approximate surface area is 82.5 Å². The van der Waals surface area contributed by atoms with Gasteiger partial charge in [-0.15, -0.1) is 0 Å². The first-order valence-corrected chi connectivity index (χ1v) is 5.70. The molecular weight excluding hydrogens is 160 g/mol. The van der Waals surface area contributed by atoms with E-state index in [4.69, 9.17) is 0 Å². The van der Waals surface area contributed by atoms with Crippen LogP contribution in [0.5, 0.6) is 0 Å². The fourth-order valence-corrected chi connectivity index (χ4v) is 2.24. The summed E-state index contributed by atoms with van der Waals surface area (Å²) < 4.78 is 0. The molecule has 0 spiro atoms. The number of nitrogens with one attached hydrogen (secondary N) is 2. The third-order valence-corrected chi connectivity index (χ3v) is 2.81. The van der Waals surface area contributed by atoms with Gasteiger partial charge in [0.15, 0.2) is 0 Å². The number of hydrogen-bond donors (Lipinski definition) is 2. The van der Waals surface area contributed by atoms with E-state index in [-0.39, 0.29) is 0 Å². The van der Waals surface area contributed by atoms with Crippen LogP contribution >= 0.6 is 0 Å². The third kappa shape index (κ3) is 3.65. The van der Waals surface area contributed by atoms with Gasteiger partial charge in [-0.1, -0.05) is 27.2 Å². The molecular formula is C11H24N2. The molecule has 1 aliphatic heterocycles. The van der Waals surface area contributed by atoms with Crippen molar-refractivity contribution in [2.45, 2.75) is 52.1 Å². The Bertz CT molecular complexity index is 132. The van der Waals surface area contributed by atoms with Crippen molar-refractivity contribution in [1.82, 2.24) is 10.6 Å². The lowest BCUT2D eigenvalue weighted by atomic mass is 9.89. The molecule has 1 fully saturated rings. The Morgan fingerprint density at radius 1 is 1.46 bits per heavy atom. The van der Waals surface area contributed by atoms with Gasteiger partial charge < -0.3 is 10.6 Å². The Morgan fingerprint density at radius 2 is 2.23 bits per heavy atom. The second-order valence-corrected chi connectivity index (χ2v) is 4.47. The van der Waals surface area contributed by atoms with Crippen molar-refractivity contribution in [1.29, 1.82) is 0 Å². The summed E-state index contributed by atoms with van der Waals surface area (Å²) >= 11 is 0. The van der Waals surface area contributed by atoms with Crippen LogP contribution < -0.4 is 10.6 Å². The van der Waals surface area contributed by atoms with E-state index in [0.29, 0.717) is 6.04 Å². The highest BCUT2D eigenvalue weighted by atomic mass is 15.0. The van der Waals surface area contributed by atoms with Gasteiger partial charge in [-0.2, -0.15) is 0 Å². The summed E-state index contributed by atoms with van der Waals surface area (Å²) in [6, 6.07) is 1.38. The number of piperidine rings is 1. The molecule has 0 amide bonds. The SMILES string of the molecule is CCCC1CNCCC1NC(C)C. The maximum Gasteiger partial charge on any atom is 0.0122 e. The van der Waals surface area contributed by atoms with E-state index >= 15 is 0 Å². The van der Waals surface area contributed by atoms with Crippen LogP contribution in [0.1, 0.15) is 40.0 Å². The fourth-order valence-electron chi connectivity index (χ4n) is 2.24. The molecule has 0 saturated carbocycles. The molecule has 0 aromatic carbocycles. The van der Waals surface area contributed by atoms with Gasteiger partial charge in [-0.25, -0.2) is 0 Å². The van der Waals surface area contributed by atoms with Gasteiger partial charge in [-0.05, 0) is 31.8 Å². The van der Waals surface area contributed by atoms with Crippen LogP contribution in [0.3, 0.4) is 0 Å². The summed E-state index contributed by atoms with van der Waals surface area (Å²) in [5.74, 6) is 0.848. The molecule has 0 aliphatic carbocycles. The Hall–Kier alpha value is -0.0800. The highest BCUT2D eigenvalue weighted by molar-refractivity contribution is 4.83. The average molecular weight is 184 g/mol. The summed E-state index contributed by atoms with van der Waals surface area (Å²) in [5.41, 5.74) is 0. The minimum Gasteiger partial charge on any atom is -0.316 e. The first-order chi connectivity index (χ1) is 6.24. The summed E-state index contributed by atoms with van der Waals surface area (Å²) in [4.78, 5) is 0. The van der Waals surface area contributed by atoms with Crippen LogP contribution in [0.15, 0.2) is 0 Å². The van der Waals surface area contributed by atoms with E-state index in [9.17, 15) is 0 Å². The summed E-state index contributed by atoms with van der Waals surface area (Å²) in [6.45, 7) is 9.15. The molecule has 2 nitrogen and oxygen atoms in total. The van der Waals surface area contributed by atoms with Gasteiger partial charge in [0.25, 0.3) is 0 Å². The zero-order valence-corrected chi connectivity index (χ0v) is 9.27. The summed E-state index contributed by atoms with van der Waals surface area (Å²) in [5, 5.41) is 7.16.